The van der Waals surface area contributed by atoms with Crippen LogP contribution in [0.2, 0.25) is 0 Å². The normalized spacial score (nSPS) is 23.9. The van der Waals surface area contributed by atoms with Crippen molar-refractivity contribution >= 4 is 0 Å². The first-order valence-corrected chi connectivity index (χ1v) is 13.0. The van der Waals surface area contributed by atoms with Crippen molar-refractivity contribution in [2.24, 2.45) is 17.8 Å². The molecule has 2 saturated carbocycles. The minimum Gasteiger partial charge on any atom is -0.486 e. The highest BCUT2D eigenvalue weighted by Crippen LogP contribution is 2.48. The largest absolute Gasteiger partial charge is 0.486 e. The highest BCUT2D eigenvalue weighted by atomic mass is 19.1. The van der Waals surface area contributed by atoms with E-state index in [1.807, 2.05) is 6.07 Å². The van der Waals surface area contributed by atoms with Gasteiger partial charge in [0.25, 0.3) is 0 Å². The lowest BCUT2D eigenvalue weighted by Gasteiger charge is -2.42. The van der Waals surface area contributed by atoms with Crippen molar-refractivity contribution in [3.8, 4) is 17.6 Å². The maximum absolute atomic E-state index is 14.9. The van der Waals surface area contributed by atoms with E-state index in [9.17, 15) is 8.78 Å². The molecule has 2 aliphatic rings. The number of rotatable bonds is 7. The molecule has 4 unspecified atom stereocenters. The molecule has 0 heterocycles. The Bertz CT molecular complexity index is 1110. The molecule has 3 heteroatoms. The van der Waals surface area contributed by atoms with E-state index in [1.165, 1.54) is 57.1 Å². The average Bonchev–Trinajstić information content (AvgIpc) is 2.87. The van der Waals surface area contributed by atoms with Gasteiger partial charge in [-0.2, -0.15) is 0 Å². The molecule has 35 heavy (non-hydrogen) atoms. The van der Waals surface area contributed by atoms with E-state index in [4.69, 9.17) is 4.74 Å². The second-order valence-corrected chi connectivity index (χ2v) is 10.1. The molecule has 1 nitrogen and oxygen atoms in total. The van der Waals surface area contributed by atoms with E-state index in [1.54, 1.807) is 24.3 Å². The topological polar surface area (TPSA) is 9.23 Å². The Balaban J connectivity index is 1.37. The number of halogens is 2. The summed E-state index contributed by atoms with van der Waals surface area (Å²) in [6.45, 7) is 5.89. The molecule has 4 rings (SSSR count). The van der Waals surface area contributed by atoms with E-state index in [-0.39, 0.29) is 18.2 Å². The van der Waals surface area contributed by atoms with E-state index in [0.29, 0.717) is 17.0 Å². The van der Waals surface area contributed by atoms with Crippen molar-refractivity contribution in [3.05, 3.63) is 89.5 Å². The van der Waals surface area contributed by atoms with Gasteiger partial charge in [-0.1, -0.05) is 49.1 Å². The molecule has 0 spiro atoms. The smallest absolute Gasteiger partial charge is 0.166 e. The Morgan fingerprint density at radius 1 is 0.971 bits per heavy atom. The molecule has 0 N–H and O–H groups in total. The lowest BCUT2D eigenvalue weighted by Crippen LogP contribution is -2.30. The van der Waals surface area contributed by atoms with Crippen molar-refractivity contribution < 1.29 is 13.5 Å². The Kier molecular flexibility index (Phi) is 8.80. The first kappa shape index (κ1) is 25.2. The van der Waals surface area contributed by atoms with Crippen molar-refractivity contribution in [2.45, 2.75) is 64.2 Å². The molecule has 0 saturated heterocycles. The number of hydrogen-bond donors (Lipinski definition) is 0. The van der Waals surface area contributed by atoms with Crippen molar-refractivity contribution in [1.82, 2.24) is 0 Å². The van der Waals surface area contributed by atoms with Gasteiger partial charge in [-0.15, -0.1) is 0 Å². The fourth-order valence-corrected chi connectivity index (χ4v) is 5.92. The molecule has 4 atom stereocenters. The predicted octanol–water partition coefficient (Wildman–Crippen LogP) is 8.59. The van der Waals surface area contributed by atoms with Crippen molar-refractivity contribution in [2.75, 3.05) is 6.61 Å². The third-order valence-corrected chi connectivity index (χ3v) is 7.79. The second kappa shape index (κ2) is 12.2. The van der Waals surface area contributed by atoms with Crippen LogP contribution < -0.4 is 4.74 Å². The Hall–Kier alpha value is -2.86. The number of ether oxygens (including phenoxy) is 1. The van der Waals surface area contributed by atoms with Crippen LogP contribution in [0.3, 0.4) is 0 Å². The van der Waals surface area contributed by atoms with Crippen LogP contribution in [0.15, 0.2) is 61.2 Å². The zero-order valence-corrected chi connectivity index (χ0v) is 20.7. The number of hydrogen-bond acceptors (Lipinski definition) is 1. The molecule has 2 aliphatic carbocycles. The Labute approximate surface area is 209 Å². The zero-order chi connectivity index (χ0) is 24.6. The molecule has 0 radical (unpaired) electrons. The molecule has 0 bridgehead atoms. The third-order valence-electron chi connectivity index (χ3n) is 7.79. The predicted molar refractivity (Wildman–Crippen MR) is 139 cm³/mol. The standard InChI is InChI=1S/C32H36F2O/c1-3-5-6-7-23-9-12-27-21-28(16-15-26(27)19-23)29-14-13-25(30(33)22-29)11-8-24-10-17-32(31(34)20-24)35-18-4-2/h3-5,10,13-14,17,20,22-23,26-28H,2,6-7,9,12,15-16,18-19,21H2,1H3/b5-3+. The molecule has 2 fully saturated rings. The molecule has 0 aliphatic heterocycles. The number of fused-ring (bicyclic) bond motifs is 1. The van der Waals surface area contributed by atoms with Crippen LogP contribution in [0, 0.1) is 41.2 Å². The average molecular weight is 475 g/mol. The van der Waals surface area contributed by atoms with Crippen LogP contribution in [0.4, 0.5) is 8.78 Å². The first-order chi connectivity index (χ1) is 17.1. The molecule has 2 aromatic carbocycles. The molecular formula is C32H36F2O. The van der Waals surface area contributed by atoms with Gasteiger partial charge in [0.2, 0.25) is 0 Å². The van der Waals surface area contributed by atoms with Crippen molar-refractivity contribution in [1.29, 1.82) is 0 Å². The van der Waals surface area contributed by atoms with Gasteiger partial charge in [0.05, 0.1) is 5.56 Å². The maximum atomic E-state index is 14.9. The molecular weight excluding hydrogens is 438 g/mol. The highest BCUT2D eigenvalue weighted by molar-refractivity contribution is 5.46. The SMILES string of the molecule is C=CCOc1ccc(C#Cc2ccc(C3CCC4CC(CC/C=C/C)CCC4C3)cc2F)cc1F. The van der Waals surface area contributed by atoms with Crippen LogP contribution in [-0.4, -0.2) is 6.61 Å². The van der Waals surface area contributed by atoms with Gasteiger partial charge >= 0.3 is 0 Å². The molecule has 0 aromatic heterocycles. The fraction of sp³-hybridized carbons (Fsp3) is 0.438. The van der Waals surface area contributed by atoms with E-state index in [0.717, 1.165) is 29.7 Å². The minimum absolute atomic E-state index is 0.155. The lowest BCUT2D eigenvalue weighted by molar-refractivity contribution is 0.115. The third kappa shape index (κ3) is 6.63. The Morgan fingerprint density at radius 3 is 2.57 bits per heavy atom. The minimum atomic E-state index is -0.489. The van der Waals surface area contributed by atoms with Crippen LogP contribution in [0.5, 0.6) is 5.75 Å². The number of benzene rings is 2. The van der Waals surface area contributed by atoms with Gasteiger partial charge < -0.3 is 4.74 Å². The van der Waals surface area contributed by atoms with Crippen LogP contribution in [0.1, 0.15) is 80.9 Å². The highest BCUT2D eigenvalue weighted by Gasteiger charge is 2.35. The van der Waals surface area contributed by atoms with E-state index in [2.05, 4.69) is 37.5 Å². The summed E-state index contributed by atoms with van der Waals surface area (Å²) in [6.07, 6.45) is 16.2. The fourth-order valence-electron chi connectivity index (χ4n) is 5.92. The van der Waals surface area contributed by atoms with E-state index < -0.39 is 5.82 Å². The summed E-state index contributed by atoms with van der Waals surface area (Å²) in [7, 11) is 0. The monoisotopic (exact) mass is 474 g/mol. The summed E-state index contributed by atoms with van der Waals surface area (Å²) in [5, 5.41) is 0. The van der Waals surface area contributed by atoms with Gasteiger partial charge in [-0.3, -0.25) is 0 Å². The molecule has 2 aromatic rings. The van der Waals surface area contributed by atoms with Crippen molar-refractivity contribution in [3.63, 3.8) is 0 Å². The number of allylic oxidation sites excluding steroid dienone is 2. The Morgan fingerprint density at radius 2 is 1.80 bits per heavy atom. The molecule has 0 amide bonds. The summed E-state index contributed by atoms with van der Waals surface area (Å²) < 4.78 is 34.3. The summed E-state index contributed by atoms with van der Waals surface area (Å²) >= 11 is 0. The summed E-state index contributed by atoms with van der Waals surface area (Å²) in [5.74, 6) is 8.05. The summed E-state index contributed by atoms with van der Waals surface area (Å²) in [5.41, 5.74) is 1.92. The summed E-state index contributed by atoms with van der Waals surface area (Å²) in [6, 6.07) is 10.0. The maximum Gasteiger partial charge on any atom is 0.166 e. The van der Waals surface area contributed by atoms with Gasteiger partial charge in [0.15, 0.2) is 11.6 Å². The van der Waals surface area contributed by atoms with Gasteiger partial charge in [-0.05, 0) is 111 Å². The van der Waals surface area contributed by atoms with Gasteiger partial charge in [0.1, 0.15) is 12.4 Å². The first-order valence-electron chi connectivity index (χ1n) is 13.0. The van der Waals surface area contributed by atoms with Gasteiger partial charge in [-0.25, -0.2) is 8.78 Å². The van der Waals surface area contributed by atoms with Gasteiger partial charge in [0, 0.05) is 5.56 Å². The molecule has 184 valence electrons. The van der Waals surface area contributed by atoms with Crippen LogP contribution in [-0.2, 0) is 0 Å². The summed E-state index contributed by atoms with van der Waals surface area (Å²) in [4.78, 5) is 0. The lowest BCUT2D eigenvalue weighted by atomic mass is 9.63. The second-order valence-electron chi connectivity index (χ2n) is 10.1. The van der Waals surface area contributed by atoms with E-state index >= 15 is 0 Å². The zero-order valence-electron chi connectivity index (χ0n) is 20.7. The van der Waals surface area contributed by atoms with Crippen LogP contribution >= 0.6 is 0 Å². The quantitative estimate of drug-likeness (QED) is 0.288. The van der Waals surface area contributed by atoms with Crippen LogP contribution in [0.25, 0.3) is 0 Å².